The summed E-state index contributed by atoms with van der Waals surface area (Å²) in [5.74, 6) is -0.303. The molecule has 0 amide bonds. The molecule has 0 atom stereocenters. The van der Waals surface area contributed by atoms with E-state index in [4.69, 9.17) is 10.5 Å². The summed E-state index contributed by atoms with van der Waals surface area (Å²) in [7, 11) is 1.59. The highest BCUT2D eigenvalue weighted by atomic mass is 19.4. The number of halogens is 3. The lowest BCUT2D eigenvalue weighted by Gasteiger charge is -2.16. The van der Waals surface area contributed by atoms with E-state index in [9.17, 15) is 18.4 Å². The average Bonchev–Trinajstić information content (AvgIpc) is 2.72. The van der Waals surface area contributed by atoms with Crippen LogP contribution in [0.5, 0.6) is 5.75 Å². The molecular weight excluding hydrogens is 383 g/mol. The Morgan fingerprint density at radius 1 is 1.17 bits per heavy atom. The number of nitrogens with two attached hydrogens (primary N) is 1. The fraction of sp³-hybridized carbons (Fsp3) is 0.150. The Kier molecular flexibility index (Phi) is 5.54. The summed E-state index contributed by atoms with van der Waals surface area (Å²) in [6.07, 6.45) is -1.57. The molecule has 2 heterocycles. The molecule has 1 aromatic carbocycles. The van der Waals surface area contributed by atoms with Crippen molar-refractivity contribution in [2.45, 2.75) is 12.8 Å². The van der Waals surface area contributed by atoms with E-state index in [2.05, 4.69) is 15.3 Å². The summed E-state index contributed by atoms with van der Waals surface area (Å²) < 4.78 is 46.3. The Morgan fingerprint density at radius 2 is 1.90 bits per heavy atom. The molecule has 0 fully saturated rings. The molecule has 0 radical (unpaired) electrons. The van der Waals surface area contributed by atoms with E-state index in [1.807, 2.05) is 6.07 Å². The third kappa shape index (κ3) is 4.38. The van der Waals surface area contributed by atoms with Gasteiger partial charge in [-0.2, -0.15) is 18.4 Å². The molecule has 6 nitrogen and oxygen atoms in total. The number of nitrogens with zero attached hydrogens (tertiary/aromatic N) is 3. The maximum atomic E-state index is 13.6. The van der Waals surface area contributed by atoms with Crippen LogP contribution in [0.2, 0.25) is 0 Å². The van der Waals surface area contributed by atoms with Gasteiger partial charge in [0.15, 0.2) is 5.69 Å². The fourth-order valence-corrected chi connectivity index (χ4v) is 2.67. The van der Waals surface area contributed by atoms with Crippen LogP contribution in [-0.4, -0.2) is 17.0 Å². The number of aromatic nitrogens is 2. The van der Waals surface area contributed by atoms with Gasteiger partial charge in [-0.05, 0) is 42.0 Å². The Labute approximate surface area is 164 Å². The topological polar surface area (TPSA) is 96.8 Å². The maximum Gasteiger partial charge on any atom is 0.419 e. The maximum absolute atomic E-state index is 13.6. The lowest BCUT2D eigenvalue weighted by Crippen LogP contribution is -2.09. The number of benzene rings is 1. The normalized spacial score (nSPS) is 11.0. The summed E-state index contributed by atoms with van der Waals surface area (Å²) in [6.45, 7) is -0.0342. The minimum Gasteiger partial charge on any atom is -0.488 e. The molecule has 0 aliphatic heterocycles. The first-order valence-electron chi connectivity index (χ1n) is 8.45. The van der Waals surface area contributed by atoms with Crippen molar-refractivity contribution in [1.82, 2.24) is 9.97 Å². The zero-order chi connectivity index (χ0) is 21.0. The number of rotatable bonds is 5. The molecule has 9 heteroatoms. The fourth-order valence-electron chi connectivity index (χ4n) is 2.67. The van der Waals surface area contributed by atoms with Crippen molar-refractivity contribution < 1.29 is 17.9 Å². The predicted molar refractivity (Wildman–Crippen MR) is 102 cm³/mol. The van der Waals surface area contributed by atoms with E-state index in [0.717, 1.165) is 6.07 Å². The standard InChI is InChI=1S/C20H16F3N5O/c1-26-16-9-15(28-17(10-24)19(16)25)13-2-3-18(14(8-13)20(21,22)23)29-11-12-4-6-27-7-5-12/h2-9H,11,25H2,1H3,(H,26,28). The van der Waals surface area contributed by atoms with Crippen LogP contribution in [0.4, 0.5) is 24.5 Å². The second-order valence-corrected chi connectivity index (χ2v) is 6.03. The van der Waals surface area contributed by atoms with Crippen LogP contribution in [0.1, 0.15) is 16.8 Å². The molecule has 0 saturated carbocycles. The van der Waals surface area contributed by atoms with Crippen LogP contribution < -0.4 is 15.8 Å². The number of anilines is 2. The molecule has 0 saturated heterocycles. The van der Waals surface area contributed by atoms with Gasteiger partial charge in [0.05, 0.1) is 22.6 Å². The number of alkyl halides is 3. The van der Waals surface area contributed by atoms with Crippen LogP contribution in [0, 0.1) is 11.3 Å². The largest absolute Gasteiger partial charge is 0.488 e. The molecule has 29 heavy (non-hydrogen) atoms. The van der Waals surface area contributed by atoms with E-state index in [-0.39, 0.29) is 35.0 Å². The van der Waals surface area contributed by atoms with Crippen molar-refractivity contribution in [2.75, 3.05) is 18.1 Å². The van der Waals surface area contributed by atoms with Crippen LogP contribution in [0.3, 0.4) is 0 Å². The van der Waals surface area contributed by atoms with E-state index >= 15 is 0 Å². The van der Waals surface area contributed by atoms with Gasteiger partial charge >= 0.3 is 6.18 Å². The minimum absolute atomic E-state index is 0.0342. The quantitative estimate of drug-likeness (QED) is 0.666. The summed E-state index contributed by atoms with van der Waals surface area (Å²) >= 11 is 0. The van der Waals surface area contributed by atoms with Crippen LogP contribution >= 0.6 is 0 Å². The van der Waals surface area contributed by atoms with Crippen LogP contribution in [-0.2, 0) is 12.8 Å². The first-order valence-corrected chi connectivity index (χ1v) is 8.45. The number of nitriles is 1. The summed E-state index contributed by atoms with van der Waals surface area (Å²) in [4.78, 5) is 7.93. The van der Waals surface area contributed by atoms with E-state index < -0.39 is 11.7 Å². The molecule has 0 spiro atoms. The molecule has 2 aromatic heterocycles. The molecule has 3 aromatic rings. The number of nitrogens with one attached hydrogen (secondary N) is 1. The monoisotopic (exact) mass is 399 g/mol. The smallest absolute Gasteiger partial charge is 0.419 e. The van der Waals surface area contributed by atoms with Crippen molar-refractivity contribution in [1.29, 1.82) is 5.26 Å². The first kappa shape index (κ1) is 19.9. The number of pyridine rings is 2. The molecule has 0 unspecified atom stereocenters. The molecule has 3 rings (SSSR count). The van der Waals surface area contributed by atoms with Gasteiger partial charge in [-0.25, -0.2) is 4.98 Å². The van der Waals surface area contributed by atoms with Crippen molar-refractivity contribution in [2.24, 2.45) is 0 Å². The van der Waals surface area contributed by atoms with Gasteiger partial charge in [0.25, 0.3) is 0 Å². The summed E-state index contributed by atoms with van der Waals surface area (Å²) in [5.41, 5.74) is 6.40. The van der Waals surface area contributed by atoms with E-state index in [1.54, 1.807) is 19.2 Å². The molecule has 0 aliphatic rings. The number of ether oxygens (including phenoxy) is 1. The lowest BCUT2D eigenvalue weighted by atomic mass is 10.0. The summed E-state index contributed by atoms with van der Waals surface area (Å²) in [5, 5.41) is 12.0. The molecule has 0 bridgehead atoms. The van der Waals surface area contributed by atoms with E-state index in [1.165, 1.54) is 30.6 Å². The van der Waals surface area contributed by atoms with Gasteiger partial charge in [-0.1, -0.05) is 0 Å². The third-order valence-electron chi connectivity index (χ3n) is 4.16. The Balaban J connectivity index is 2.01. The van der Waals surface area contributed by atoms with Crippen molar-refractivity contribution in [3.8, 4) is 23.1 Å². The van der Waals surface area contributed by atoms with Gasteiger partial charge in [-0.15, -0.1) is 0 Å². The highest BCUT2D eigenvalue weighted by Gasteiger charge is 2.35. The molecular formula is C20H16F3N5O. The SMILES string of the molecule is CNc1cc(-c2ccc(OCc3ccncc3)c(C(F)(F)F)c2)nc(C#N)c1N. The van der Waals surface area contributed by atoms with Gasteiger partial charge in [-0.3, -0.25) is 4.98 Å². The van der Waals surface area contributed by atoms with Crippen molar-refractivity contribution >= 4 is 11.4 Å². The molecule has 0 aliphatic carbocycles. The average molecular weight is 399 g/mol. The highest BCUT2D eigenvalue weighted by Crippen LogP contribution is 2.39. The van der Waals surface area contributed by atoms with E-state index in [0.29, 0.717) is 11.3 Å². The zero-order valence-corrected chi connectivity index (χ0v) is 15.3. The van der Waals surface area contributed by atoms with Crippen molar-refractivity contribution in [3.05, 3.63) is 65.6 Å². The van der Waals surface area contributed by atoms with Gasteiger partial charge in [0.1, 0.15) is 18.4 Å². The number of hydrogen-bond acceptors (Lipinski definition) is 6. The zero-order valence-electron chi connectivity index (χ0n) is 15.3. The lowest BCUT2D eigenvalue weighted by molar-refractivity contribution is -0.139. The number of hydrogen-bond donors (Lipinski definition) is 2. The molecule has 3 N–H and O–H groups in total. The second-order valence-electron chi connectivity index (χ2n) is 6.03. The third-order valence-corrected chi connectivity index (χ3v) is 4.16. The molecule has 148 valence electrons. The Morgan fingerprint density at radius 3 is 2.52 bits per heavy atom. The van der Waals surface area contributed by atoms with Gasteiger partial charge in [0, 0.05) is 25.0 Å². The highest BCUT2D eigenvalue weighted by molar-refractivity contribution is 5.77. The minimum atomic E-state index is -4.64. The Hall–Kier alpha value is -3.80. The Bertz CT molecular complexity index is 1060. The number of nitrogen functional groups attached to an aromatic ring is 1. The summed E-state index contributed by atoms with van der Waals surface area (Å²) in [6, 6.07) is 10.3. The van der Waals surface area contributed by atoms with Crippen molar-refractivity contribution in [3.63, 3.8) is 0 Å². The van der Waals surface area contributed by atoms with Gasteiger partial charge < -0.3 is 15.8 Å². The first-order chi connectivity index (χ1) is 13.8. The second kappa shape index (κ2) is 8.06. The predicted octanol–water partition coefficient (Wildman–Crippen LogP) is 4.24. The van der Waals surface area contributed by atoms with Crippen LogP contribution in [0.15, 0.2) is 48.8 Å². The van der Waals surface area contributed by atoms with Gasteiger partial charge in [0.2, 0.25) is 0 Å². The van der Waals surface area contributed by atoms with Crippen LogP contribution in [0.25, 0.3) is 11.3 Å².